The molecular formula is C9H16O. The van der Waals surface area contributed by atoms with Gasteiger partial charge in [0.15, 0.2) is 0 Å². The molecule has 1 aliphatic carbocycles. The second kappa shape index (κ2) is 3.20. The van der Waals surface area contributed by atoms with Gasteiger partial charge in [0.25, 0.3) is 0 Å². The van der Waals surface area contributed by atoms with E-state index in [1.54, 1.807) is 0 Å². The van der Waals surface area contributed by atoms with Crippen molar-refractivity contribution >= 4 is 0 Å². The summed E-state index contributed by atoms with van der Waals surface area (Å²) in [5.41, 5.74) is 1.26. The molecule has 58 valence electrons. The number of hydrogen-bond donors (Lipinski definition) is 1. The van der Waals surface area contributed by atoms with Crippen molar-refractivity contribution in [1.82, 2.24) is 0 Å². The smallest absolute Gasteiger partial charge is 0.0750 e. The van der Waals surface area contributed by atoms with Gasteiger partial charge in [-0.2, -0.15) is 0 Å². The van der Waals surface area contributed by atoms with Gasteiger partial charge in [-0.1, -0.05) is 19.9 Å². The van der Waals surface area contributed by atoms with E-state index in [0.29, 0.717) is 5.92 Å². The molecule has 0 aromatic heterocycles. The molecule has 0 saturated heterocycles. The van der Waals surface area contributed by atoms with E-state index in [4.69, 9.17) is 0 Å². The third-order valence-corrected chi connectivity index (χ3v) is 1.92. The lowest BCUT2D eigenvalue weighted by atomic mass is 10.1. The SMILES string of the molecule is CC(C)/C=C1/CCC[C@@H]1O. The van der Waals surface area contributed by atoms with Gasteiger partial charge in [0, 0.05) is 0 Å². The van der Waals surface area contributed by atoms with Gasteiger partial charge < -0.3 is 5.11 Å². The predicted octanol–water partition coefficient (Wildman–Crippen LogP) is 2.11. The Bertz CT molecular complexity index is 136. The highest BCUT2D eigenvalue weighted by atomic mass is 16.3. The van der Waals surface area contributed by atoms with Gasteiger partial charge in [0.05, 0.1) is 6.10 Å². The molecule has 1 N–H and O–H groups in total. The maximum atomic E-state index is 9.37. The van der Waals surface area contributed by atoms with E-state index in [9.17, 15) is 5.11 Å². The molecule has 1 heteroatoms. The molecule has 1 atom stereocenters. The highest BCUT2D eigenvalue weighted by Crippen LogP contribution is 2.25. The van der Waals surface area contributed by atoms with Crippen LogP contribution in [0, 0.1) is 5.92 Å². The van der Waals surface area contributed by atoms with E-state index in [0.717, 1.165) is 12.8 Å². The Labute approximate surface area is 62.8 Å². The molecular weight excluding hydrogens is 124 g/mol. The summed E-state index contributed by atoms with van der Waals surface area (Å²) in [6.45, 7) is 4.30. The van der Waals surface area contributed by atoms with Gasteiger partial charge in [-0.15, -0.1) is 0 Å². The summed E-state index contributed by atoms with van der Waals surface area (Å²) in [6.07, 6.45) is 5.32. The summed E-state index contributed by atoms with van der Waals surface area (Å²) in [5, 5.41) is 9.37. The molecule has 0 aromatic carbocycles. The van der Waals surface area contributed by atoms with Crippen LogP contribution in [-0.4, -0.2) is 11.2 Å². The van der Waals surface area contributed by atoms with Crippen LogP contribution in [0.4, 0.5) is 0 Å². The molecule has 0 aliphatic heterocycles. The van der Waals surface area contributed by atoms with Gasteiger partial charge in [0.1, 0.15) is 0 Å². The fraction of sp³-hybridized carbons (Fsp3) is 0.778. The van der Waals surface area contributed by atoms with Gasteiger partial charge in [-0.25, -0.2) is 0 Å². The topological polar surface area (TPSA) is 20.2 Å². The van der Waals surface area contributed by atoms with Crippen LogP contribution in [0.15, 0.2) is 11.6 Å². The second-order valence-electron chi connectivity index (χ2n) is 3.39. The van der Waals surface area contributed by atoms with Crippen molar-refractivity contribution in [3.8, 4) is 0 Å². The minimum absolute atomic E-state index is 0.123. The van der Waals surface area contributed by atoms with Crippen molar-refractivity contribution in [3.63, 3.8) is 0 Å². The molecule has 0 spiro atoms. The Balaban J connectivity index is 2.54. The van der Waals surface area contributed by atoms with E-state index in [2.05, 4.69) is 19.9 Å². The quantitative estimate of drug-likeness (QED) is 0.553. The van der Waals surface area contributed by atoms with Crippen molar-refractivity contribution in [3.05, 3.63) is 11.6 Å². The molecule has 0 radical (unpaired) electrons. The van der Waals surface area contributed by atoms with E-state index in [1.807, 2.05) is 0 Å². The summed E-state index contributed by atoms with van der Waals surface area (Å²) in [6, 6.07) is 0. The van der Waals surface area contributed by atoms with Crippen molar-refractivity contribution < 1.29 is 5.11 Å². The monoisotopic (exact) mass is 140 g/mol. The summed E-state index contributed by atoms with van der Waals surface area (Å²) < 4.78 is 0. The standard InChI is InChI=1S/C9H16O/c1-7(2)6-8-4-3-5-9(8)10/h6-7,9-10H,3-5H2,1-2H3/b8-6-/t9-/m0/s1. The van der Waals surface area contributed by atoms with Crippen molar-refractivity contribution in [2.24, 2.45) is 5.92 Å². The molecule has 0 heterocycles. The second-order valence-corrected chi connectivity index (χ2v) is 3.39. The molecule has 10 heavy (non-hydrogen) atoms. The molecule has 1 saturated carbocycles. The fourth-order valence-electron chi connectivity index (χ4n) is 1.47. The zero-order valence-corrected chi connectivity index (χ0v) is 6.80. The van der Waals surface area contributed by atoms with Crippen LogP contribution >= 0.6 is 0 Å². The van der Waals surface area contributed by atoms with Crippen molar-refractivity contribution in [2.45, 2.75) is 39.2 Å². The van der Waals surface area contributed by atoms with E-state index in [-0.39, 0.29) is 6.10 Å². The number of hydrogen-bond acceptors (Lipinski definition) is 1. The van der Waals surface area contributed by atoms with Gasteiger partial charge >= 0.3 is 0 Å². The van der Waals surface area contributed by atoms with Crippen LogP contribution < -0.4 is 0 Å². The lowest BCUT2D eigenvalue weighted by molar-refractivity contribution is 0.217. The lowest BCUT2D eigenvalue weighted by Crippen LogP contribution is -2.02. The number of allylic oxidation sites excluding steroid dienone is 1. The number of aliphatic hydroxyl groups is 1. The first-order chi connectivity index (χ1) is 4.70. The minimum atomic E-state index is -0.123. The Kier molecular flexibility index (Phi) is 2.50. The third kappa shape index (κ3) is 1.84. The maximum absolute atomic E-state index is 9.37. The Morgan fingerprint density at radius 2 is 2.30 bits per heavy atom. The number of rotatable bonds is 1. The highest BCUT2D eigenvalue weighted by Gasteiger charge is 2.17. The zero-order valence-electron chi connectivity index (χ0n) is 6.80. The molecule has 0 aromatic rings. The highest BCUT2D eigenvalue weighted by molar-refractivity contribution is 5.12. The average Bonchev–Trinajstić information content (AvgIpc) is 2.15. The summed E-state index contributed by atoms with van der Waals surface area (Å²) in [7, 11) is 0. The predicted molar refractivity (Wildman–Crippen MR) is 42.8 cm³/mol. The van der Waals surface area contributed by atoms with Crippen LogP contribution in [0.25, 0.3) is 0 Å². The minimum Gasteiger partial charge on any atom is -0.389 e. The lowest BCUT2D eigenvalue weighted by Gasteiger charge is -2.04. The van der Waals surface area contributed by atoms with Gasteiger partial charge in [-0.3, -0.25) is 0 Å². The van der Waals surface area contributed by atoms with Crippen LogP contribution in [0.2, 0.25) is 0 Å². The van der Waals surface area contributed by atoms with Crippen molar-refractivity contribution in [1.29, 1.82) is 0 Å². The van der Waals surface area contributed by atoms with Gasteiger partial charge in [-0.05, 0) is 30.8 Å². The number of aliphatic hydroxyl groups excluding tert-OH is 1. The largest absolute Gasteiger partial charge is 0.389 e. The van der Waals surface area contributed by atoms with Crippen LogP contribution in [0.3, 0.4) is 0 Å². The summed E-state index contributed by atoms with van der Waals surface area (Å²) in [5.74, 6) is 0.586. The molecule has 0 bridgehead atoms. The zero-order chi connectivity index (χ0) is 7.56. The Hall–Kier alpha value is -0.300. The first-order valence-electron chi connectivity index (χ1n) is 4.09. The fourth-order valence-corrected chi connectivity index (χ4v) is 1.47. The molecule has 1 fully saturated rings. The Morgan fingerprint density at radius 3 is 2.70 bits per heavy atom. The van der Waals surface area contributed by atoms with Crippen LogP contribution in [0.1, 0.15) is 33.1 Å². The van der Waals surface area contributed by atoms with E-state index < -0.39 is 0 Å². The first-order valence-corrected chi connectivity index (χ1v) is 4.09. The molecule has 1 nitrogen and oxygen atoms in total. The van der Waals surface area contributed by atoms with Crippen LogP contribution in [0.5, 0.6) is 0 Å². The van der Waals surface area contributed by atoms with Gasteiger partial charge in [0.2, 0.25) is 0 Å². The summed E-state index contributed by atoms with van der Waals surface area (Å²) in [4.78, 5) is 0. The maximum Gasteiger partial charge on any atom is 0.0750 e. The van der Waals surface area contributed by atoms with Crippen molar-refractivity contribution in [2.75, 3.05) is 0 Å². The normalized spacial score (nSPS) is 30.4. The Morgan fingerprint density at radius 1 is 1.60 bits per heavy atom. The van der Waals surface area contributed by atoms with E-state index >= 15 is 0 Å². The molecule has 0 unspecified atom stereocenters. The first kappa shape index (κ1) is 7.80. The van der Waals surface area contributed by atoms with E-state index in [1.165, 1.54) is 12.0 Å². The molecule has 0 amide bonds. The molecule has 1 rings (SSSR count). The third-order valence-electron chi connectivity index (χ3n) is 1.92. The van der Waals surface area contributed by atoms with Crippen LogP contribution in [-0.2, 0) is 0 Å². The summed E-state index contributed by atoms with van der Waals surface area (Å²) >= 11 is 0. The average molecular weight is 140 g/mol. The molecule has 1 aliphatic rings.